The third-order valence-electron chi connectivity index (χ3n) is 4.54. The molecular weight excluding hydrogens is 246 g/mol. The third-order valence-corrected chi connectivity index (χ3v) is 4.54. The van der Waals surface area contributed by atoms with E-state index in [-0.39, 0.29) is 0 Å². The highest BCUT2D eigenvalue weighted by atomic mass is 16.5. The first-order chi connectivity index (χ1) is 9.78. The fourth-order valence-corrected chi connectivity index (χ4v) is 3.24. The first-order valence-corrected chi connectivity index (χ1v) is 8.19. The lowest BCUT2D eigenvalue weighted by molar-refractivity contribution is 0.0998. The van der Waals surface area contributed by atoms with Crippen molar-refractivity contribution in [2.75, 3.05) is 13.7 Å². The van der Waals surface area contributed by atoms with Crippen LogP contribution in [0.3, 0.4) is 0 Å². The van der Waals surface area contributed by atoms with E-state index in [1.54, 1.807) is 0 Å². The fraction of sp³-hybridized carbons (Fsp3) is 0.667. The second-order valence-electron chi connectivity index (χ2n) is 5.79. The maximum atomic E-state index is 5.74. The molecule has 1 heterocycles. The van der Waals surface area contributed by atoms with E-state index in [0.717, 1.165) is 25.9 Å². The molecule has 0 amide bonds. The molecule has 1 aliphatic rings. The van der Waals surface area contributed by atoms with E-state index in [4.69, 9.17) is 4.74 Å². The van der Waals surface area contributed by atoms with Crippen LogP contribution >= 0.6 is 0 Å². The van der Waals surface area contributed by atoms with Crippen LogP contribution in [0, 0.1) is 0 Å². The Morgan fingerprint density at radius 3 is 2.65 bits per heavy atom. The largest absolute Gasteiger partial charge is 0.378 e. The van der Waals surface area contributed by atoms with E-state index in [2.05, 4.69) is 44.4 Å². The van der Waals surface area contributed by atoms with Gasteiger partial charge in [-0.2, -0.15) is 0 Å². The van der Waals surface area contributed by atoms with Crippen LogP contribution in [0.25, 0.3) is 0 Å². The smallest absolute Gasteiger partial charge is 0.0576 e. The molecule has 2 unspecified atom stereocenters. The lowest BCUT2D eigenvalue weighted by Crippen LogP contribution is -2.19. The fourth-order valence-electron chi connectivity index (χ4n) is 3.24. The number of hydrogen-bond acceptors (Lipinski definition) is 2. The molecule has 2 nitrogen and oxygen atoms in total. The zero-order chi connectivity index (χ0) is 14.4. The molecule has 0 aromatic heterocycles. The molecule has 0 saturated carbocycles. The summed E-state index contributed by atoms with van der Waals surface area (Å²) < 4.78 is 5.74. The molecule has 20 heavy (non-hydrogen) atoms. The molecule has 0 bridgehead atoms. The summed E-state index contributed by atoms with van der Waals surface area (Å²) in [5.74, 6) is 0. The van der Waals surface area contributed by atoms with Crippen LogP contribution in [0.2, 0.25) is 0 Å². The lowest BCUT2D eigenvalue weighted by atomic mass is 9.94. The summed E-state index contributed by atoms with van der Waals surface area (Å²) in [5, 5.41) is 3.48. The Morgan fingerprint density at radius 1 is 1.25 bits per heavy atom. The Bertz CT molecular complexity index is 410. The number of hydrogen-bond donors (Lipinski definition) is 1. The van der Waals surface area contributed by atoms with Gasteiger partial charge in [0, 0.05) is 12.6 Å². The standard InChI is InChI=1S/C18H29NO/c1-4-14-8-9-16(13-15(14)5-2)18(19-3)11-10-17-7-6-12-20-17/h8-9,13,17-19H,4-7,10-12H2,1-3H3. The van der Waals surface area contributed by atoms with Crippen molar-refractivity contribution in [1.82, 2.24) is 5.32 Å². The molecule has 0 radical (unpaired) electrons. The highest BCUT2D eigenvalue weighted by molar-refractivity contribution is 5.33. The summed E-state index contributed by atoms with van der Waals surface area (Å²) in [4.78, 5) is 0. The Morgan fingerprint density at radius 2 is 2.05 bits per heavy atom. The van der Waals surface area contributed by atoms with Crippen molar-refractivity contribution < 1.29 is 4.74 Å². The molecule has 1 aliphatic heterocycles. The summed E-state index contributed by atoms with van der Waals surface area (Å²) in [6, 6.07) is 7.46. The third kappa shape index (κ3) is 3.83. The van der Waals surface area contributed by atoms with E-state index in [1.807, 2.05) is 0 Å². The number of nitrogens with one attached hydrogen (secondary N) is 1. The molecule has 1 saturated heterocycles. The van der Waals surface area contributed by atoms with Gasteiger partial charge >= 0.3 is 0 Å². The number of aryl methyl sites for hydroxylation is 2. The van der Waals surface area contributed by atoms with E-state index in [1.165, 1.54) is 36.0 Å². The van der Waals surface area contributed by atoms with Gasteiger partial charge in [-0.25, -0.2) is 0 Å². The Hall–Kier alpha value is -0.860. The van der Waals surface area contributed by atoms with Gasteiger partial charge in [0.05, 0.1) is 6.10 Å². The average molecular weight is 275 g/mol. The molecule has 0 spiro atoms. The summed E-state index contributed by atoms with van der Waals surface area (Å²) in [6.45, 7) is 5.44. The summed E-state index contributed by atoms with van der Waals surface area (Å²) in [6.07, 6.45) is 7.55. The van der Waals surface area contributed by atoms with Gasteiger partial charge in [0.15, 0.2) is 0 Å². The van der Waals surface area contributed by atoms with Crippen molar-refractivity contribution in [2.24, 2.45) is 0 Å². The lowest BCUT2D eigenvalue weighted by Gasteiger charge is -2.20. The zero-order valence-corrected chi connectivity index (χ0v) is 13.2. The van der Waals surface area contributed by atoms with Crippen molar-refractivity contribution in [2.45, 2.75) is 64.5 Å². The Kier molecular flexibility index (Phi) is 6.06. The normalized spacial score (nSPS) is 20.2. The topological polar surface area (TPSA) is 21.3 Å². The van der Waals surface area contributed by atoms with Gasteiger partial charge in [0.1, 0.15) is 0 Å². The second kappa shape index (κ2) is 7.80. The van der Waals surface area contributed by atoms with Gasteiger partial charge in [-0.05, 0) is 62.3 Å². The van der Waals surface area contributed by atoms with Crippen molar-refractivity contribution in [1.29, 1.82) is 0 Å². The molecule has 1 aromatic carbocycles. The van der Waals surface area contributed by atoms with E-state index < -0.39 is 0 Å². The molecule has 0 aliphatic carbocycles. The van der Waals surface area contributed by atoms with Crippen molar-refractivity contribution in [3.8, 4) is 0 Å². The minimum absolute atomic E-state index is 0.454. The van der Waals surface area contributed by atoms with Crippen LogP contribution in [0.4, 0.5) is 0 Å². The number of ether oxygens (including phenoxy) is 1. The summed E-state index contributed by atoms with van der Waals surface area (Å²) in [7, 11) is 2.07. The van der Waals surface area contributed by atoms with Crippen LogP contribution in [0.1, 0.15) is 62.3 Å². The predicted molar refractivity (Wildman–Crippen MR) is 85.2 cm³/mol. The molecule has 1 aromatic rings. The summed E-state index contributed by atoms with van der Waals surface area (Å²) in [5.41, 5.74) is 4.42. The highest BCUT2D eigenvalue weighted by Gasteiger charge is 2.18. The van der Waals surface area contributed by atoms with Gasteiger partial charge in [-0.3, -0.25) is 0 Å². The average Bonchev–Trinajstić information content (AvgIpc) is 3.01. The van der Waals surface area contributed by atoms with Crippen molar-refractivity contribution >= 4 is 0 Å². The summed E-state index contributed by atoms with van der Waals surface area (Å²) >= 11 is 0. The predicted octanol–water partition coefficient (Wildman–Crippen LogP) is 4.03. The Balaban J connectivity index is 2.02. The quantitative estimate of drug-likeness (QED) is 0.811. The van der Waals surface area contributed by atoms with E-state index in [9.17, 15) is 0 Å². The number of rotatable bonds is 7. The van der Waals surface area contributed by atoms with Gasteiger partial charge in [0.2, 0.25) is 0 Å². The SMILES string of the molecule is CCc1ccc(C(CCC2CCCO2)NC)cc1CC. The molecule has 2 rings (SSSR count). The molecule has 2 atom stereocenters. The Labute approximate surface area is 123 Å². The van der Waals surface area contributed by atoms with Gasteiger partial charge < -0.3 is 10.1 Å². The molecule has 112 valence electrons. The molecule has 1 N–H and O–H groups in total. The number of benzene rings is 1. The van der Waals surface area contributed by atoms with Gasteiger partial charge in [-0.1, -0.05) is 32.0 Å². The van der Waals surface area contributed by atoms with Crippen molar-refractivity contribution in [3.05, 3.63) is 34.9 Å². The molecule has 2 heteroatoms. The molecule has 1 fully saturated rings. The maximum Gasteiger partial charge on any atom is 0.0576 e. The maximum absolute atomic E-state index is 5.74. The van der Waals surface area contributed by atoms with Crippen LogP contribution in [-0.2, 0) is 17.6 Å². The van der Waals surface area contributed by atoms with E-state index >= 15 is 0 Å². The van der Waals surface area contributed by atoms with Crippen molar-refractivity contribution in [3.63, 3.8) is 0 Å². The zero-order valence-electron chi connectivity index (χ0n) is 13.2. The first kappa shape index (κ1) is 15.5. The minimum Gasteiger partial charge on any atom is -0.378 e. The highest BCUT2D eigenvalue weighted by Crippen LogP contribution is 2.25. The van der Waals surface area contributed by atoms with Crippen LogP contribution < -0.4 is 5.32 Å². The van der Waals surface area contributed by atoms with Gasteiger partial charge in [0.25, 0.3) is 0 Å². The van der Waals surface area contributed by atoms with Crippen LogP contribution in [-0.4, -0.2) is 19.8 Å². The van der Waals surface area contributed by atoms with Crippen LogP contribution in [0.5, 0.6) is 0 Å². The van der Waals surface area contributed by atoms with Crippen LogP contribution in [0.15, 0.2) is 18.2 Å². The van der Waals surface area contributed by atoms with E-state index in [0.29, 0.717) is 12.1 Å². The monoisotopic (exact) mass is 275 g/mol. The van der Waals surface area contributed by atoms with Gasteiger partial charge in [-0.15, -0.1) is 0 Å². The molecular formula is C18H29NO. The second-order valence-corrected chi connectivity index (χ2v) is 5.79. The first-order valence-electron chi connectivity index (χ1n) is 8.19. The minimum atomic E-state index is 0.454.